The molecule has 0 aliphatic rings. The Hall–Kier alpha value is -2.11. The Balaban J connectivity index is 2.11. The number of nitrogens with zero attached hydrogens (tertiary/aromatic N) is 1. The van der Waals surface area contributed by atoms with E-state index in [4.69, 9.17) is 27.9 Å². The number of benzene rings is 2. The highest BCUT2D eigenvalue weighted by Crippen LogP contribution is 2.23. The van der Waals surface area contributed by atoms with Crippen molar-refractivity contribution in [2.75, 3.05) is 6.61 Å². The van der Waals surface area contributed by atoms with Crippen molar-refractivity contribution in [3.8, 4) is 5.75 Å². The monoisotopic (exact) mass is 325 g/mol. The van der Waals surface area contributed by atoms with Crippen LogP contribution in [0.15, 0.2) is 42.5 Å². The average Bonchev–Trinajstić information content (AvgIpc) is 2.46. The van der Waals surface area contributed by atoms with Crippen molar-refractivity contribution in [2.24, 2.45) is 0 Å². The van der Waals surface area contributed by atoms with Crippen LogP contribution in [0.5, 0.6) is 5.75 Å². The number of non-ortho nitro benzene ring substituents is 1. The average molecular weight is 326 g/mol. The summed E-state index contributed by atoms with van der Waals surface area (Å²) in [6, 6.07) is 10.2. The Morgan fingerprint density at radius 2 is 1.81 bits per heavy atom. The number of carbonyl (C=O) groups is 1. The maximum Gasteiger partial charge on any atom is 0.270 e. The van der Waals surface area contributed by atoms with Crippen molar-refractivity contribution in [1.82, 2.24) is 0 Å². The molecule has 0 aliphatic heterocycles. The van der Waals surface area contributed by atoms with Crippen LogP contribution in [0, 0.1) is 10.1 Å². The minimum atomic E-state index is -0.590. The van der Waals surface area contributed by atoms with Crippen molar-refractivity contribution < 1.29 is 14.5 Å². The van der Waals surface area contributed by atoms with Crippen molar-refractivity contribution in [1.29, 1.82) is 0 Å². The normalized spacial score (nSPS) is 10.2. The van der Waals surface area contributed by atoms with Gasteiger partial charge in [-0.25, -0.2) is 0 Å². The molecule has 0 bridgehead atoms. The minimum Gasteiger partial charge on any atom is -0.485 e. The first-order valence-electron chi connectivity index (χ1n) is 5.83. The topological polar surface area (TPSA) is 69.4 Å². The molecule has 2 aromatic rings. The predicted molar refractivity (Wildman–Crippen MR) is 79.4 cm³/mol. The maximum absolute atomic E-state index is 12.0. The summed E-state index contributed by atoms with van der Waals surface area (Å²) in [4.78, 5) is 22.1. The molecule has 0 atom stereocenters. The Morgan fingerprint density at radius 1 is 1.14 bits per heavy atom. The van der Waals surface area contributed by atoms with Crippen LogP contribution in [-0.2, 0) is 0 Å². The number of carbonyl (C=O) groups excluding carboxylic acids is 1. The molecule has 0 amide bonds. The quantitative estimate of drug-likeness (QED) is 0.470. The standard InChI is InChI=1S/C14H9Cl2NO4/c15-9-1-4-11(5-2-9)21-8-14(18)12-7-10(17(19)20)3-6-13(12)16/h1-7H,8H2. The Kier molecular flexibility index (Phi) is 4.77. The molecule has 0 unspecified atom stereocenters. The summed E-state index contributed by atoms with van der Waals surface area (Å²) < 4.78 is 5.30. The number of ketones is 1. The van der Waals surface area contributed by atoms with Gasteiger partial charge in [-0.15, -0.1) is 0 Å². The Bertz CT molecular complexity index is 686. The van der Waals surface area contributed by atoms with E-state index in [1.54, 1.807) is 24.3 Å². The molecule has 0 saturated carbocycles. The summed E-state index contributed by atoms with van der Waals surface area (Å²) in [5.41, 5.74) is -0.144. The van der Waals surface area contributed by atoms with Crippen LogP contribution in [0.3, 0.4) is 0 Å². The fourth-order valence-corrected chi connectivity index (χ4v) is 1.95. The molecule has 0 N–H and O–H groups in total. The largest absolute Gasteiger partial charge is 0.485 e. The summed E-state index contributed by atoms with van der Waals surface area (Å²) in [6.45, 7) is -0.275. The first-order chi connectivity index (χ1) is 9.97. The molecule has 2 rings (SSSR count). The van der Waals surface area contributed by atoms with Gasteiger partial charge in [-0.2, -0.15) is 0 Å². The van der Waals surface area contributed by atoms with E-state index in [-0.39, 0.29) is 22.9 Å². The molecular formula is C14H9Cl2NO4. The number of halogens is 2. The van der Waals surface area contributed by atoms with E-state index in [0.29, 0.717) is 10.8 Å². The van der Waals surface area contributed by atoms with E-state index in [0.717, 1.165) is 6.07 Å². The van der Waals surface area contributed by atoms with E-state index in [1.807, 2.05) is 0 Å². The predicted octanol–water partition coefficient (Wildman–Crippen LogP) is 4.16. The molecule has 5 nitrogen and oxygen atoms in total. The van der Waals surface area contributed by atoms with Crippen molar-refractivity contribution >= 4 is 34.7 Å². The molecule has 0 heterocycles. The molecule has 0 spiro atoms. The Morgan fingerprint density at radius 3 is 2.43 bits per heavy atom. The lowest BCUT2D eigenvalue weighted by molar-refractivity contribution is -0.384. The van der Waals surface area contributed by atoms with Crippen molar-refractivity contribution in [3.05, 3.63) is 68.2 Å². The zero-order valence-corrected chi connectivity index (χ0v) is 12.1. The first-order valence-corrected chi connectivity index (χ1v) is 6.58. The SMILES string of the molecule is O=C(COc1ccc(Cl)cc1)c1cc([N+](=O)[O-])ccc1Cl. The van der Waals surface area contributed by atoms with Gasteiger partial charge >= 0.3 is 0 Å². The third kappa shape index (κ3) is 3.93. The summed E-state index contributed by atoms with van der Waals surface area (Å²) in [5.74, 6) is 0.0213. The fraction of sp³-hybridized carbons (Fsp3) is 0.0714. The summed E-state index contributed by atoms with van der Waals surface area (Å²) in [7, 11) is 0. The molecule has 0 radical (unpaired) electrons. The smallest absolute Gasteiger partial charge is 0.270 e. The highest BCUT2D eigenvalue weighted by Gasteiger charge is 2.16. The van der Waals surface area contributed by atoms with Gasteiger partial charge in [-0.1, -0.05) is 23.2 Å². The second kappa shape index (κ2) is 6.56. The number of rotatable bonds is 5. The fourth-order valence-electron chi connectivity index (χ4n) is 1.60. The molecule has 2 aromatic carbocycles. The number of nitro benzene ring substituents is 1. The van der Waals surface area contributed by atoms with Gasteiger partial charge in [0.1, 0.15) is 5.75 Å². The third-order valence-corrected chi connectivity index (χ3v) is 3.23. The lowest BCUT2D eigenvalue weighted by Crippen LogP contribution is -2.12. The second-order valence-electron chi connectivity index (χ2n) is 4.09. The number of Topliss-reactive ketones (excluding diaryl/α,β-unsaturated/α-hetero) is 1. The van der Waals surface area contributed by atoms with Gasteiger partial charge in [-0.05, 0) is 30.3 Å². The Labute approximate surface area is 130 Å². The van der Waals surface area contributed by atoms with Crippen LogP contribution in [0.2, 0.25) is 10.0 Å². The zero-order valence-electron chi connectivity index (χ0n) is 10.6. The van der Waals surface area contributed by atoms with Gasteiger partial charge in [0, 0.05) is 22.7 Å². The molecule has 0 fully saturated rings. The van der Waals surface area contributed by atoms with E-state index in [9.17, 15) is 14.9 Å². The van der Waals surface area contributed by atoms with E-state index >= 15 is 0 Å². The zero-order chi connectivity index (χ0) is 15.4. The number of ether oxygens (including phenoxy) is 1. The van der Waals surface area contributed by atoms with Crippen LogP contribution in [0.4, 0.5) is 5.69 Å². The van der Waals surface area contributed by atoms with Gasteiger partial charge < -0.3 is 4.74 Å². The van der Waals surface area contributed by atoms with Gasteiger partial charge in [0.25, 0.3) is 5.69 Å². The molecular weight excluding hydrogens is 317 g/mol. The van der Waals surface area contributed by atoms with Crippen molar-refractivity contribution in [2.45, 2.75) is 0 Å². The first kappa shape index (κ1) is 15.3. The van der Waals surface area contributed by atoms with Gasteiger partial charge in [0.15, 0.2) is 6.61 Å². The molecule has 0 aromatic heterocycles. The van der Waals surface area contributed by atoms with Gasteiger partial charge in [-0.3, -0.25) is 14.9 Å². The van der Waals surface area contributed by atoms with E-state index < -0.39 is 10.7 Å². The summed E-state index contributed by atoms with van der Waals surface area (Å²) in [6.07, 6.45) is 0. The number of hydrogen-bond donors (Lipinski definition) is 0. The van der Waals surface area contributed by atoms with Crippen LogP contribution >= 0.6 is 23.2 Å². The van der Waals surface area contributed by atoms with Gasteiger partial charge in [0.05, 0.1) is 9.95 Å². The summed E-state index contributed by atoms with van der Waals surface area (Å²) in [5, 5.41) is 11.4. The van der Waals surface area contributed by atoms with Gasteiger partial charge in [0.2, 0.25) is 5.78 Å². The van der Waals surface area contributed by atoms with E-state index in [1.165, 1.54) is 12.1 Å². The van der Waals surface area contributed by atoms with Crippen LogP contribution < -0.4 is 4.74 Å². The highest BCUT2D eigenvalue weighted by atomic mass is 35.5. The van der Waals surface area contributed by atoms with Crippen LogP contribution in [0.25, 0.3) is 0 Å². The summed E-state index contributed by atoms with van der Waals surface area (Å²) >= 11 is 11.6. The number of hydrogen-bond acceptors (Lipinski definition) is 4. The molecule has 0 aliphatic carbocycles. The minimum absolute atomic E-state index is 0.0554. The lowest BCUT2D eigenvalue weighted by Gasteiger charge is -2.06. The second-order valence-corrected chi connectivity index (χ2v) is 4.93. The highest BCUT2D eigenvalue weighted by molar-refractivity contribution is 6.34. The molecule has 7 heteroatoms. The van der Waals surface area contributed by atoms with Crippen LogP contribution in [0.1, 0.15) is 10.4 Å². The molecule has 21 heavy (non-hydrogen) atoms. The maximum atomic E-state index is 12.0. The van der Waals surface area contributed by atoms with Crippen LogP contribution in [-0.4, -0.2) is 17.3 Å². The molecule has 108 valence electrons. The van der Waals surface area contributed by atoms with Crippen molar-refractivity contribution in [3.63, 3.8) is 0 Å². The third-order valence-electron chi connectivity index (χ3n) is 2.64. The van der Waals surface area contributed by atoms with E-state index in [2.05, 4.69) is 0 Å². The molecule has 0 saturated heterocycles. The lowest BCUT2D eigenvalue weighted by atomic mass is 10.1. The number of nitro groups is 1.